The number of nitrogens with zero attached hydrogens (tertiary/aromatic N) is 2. The monoisotopic (exact) mass is 357 g/mol. The molecule has 0 bridgehead atoms. The number of carbonyl (C=O) groups is 2. The number of ether oxygens (including phenoxy) is 1. The van der Waals surface area contributed by atoms with Crippen molar-refractivity contribution in [3.8, 4) is 0 Å². The first-order valence-electron chi connectivity index (χ1n) is 8.89. The van der Waals surface area contributed by atoms with Crippen molar-refractivity contribution in [2.45, 2.75) is 46.3 Å². The van der Waals surface area contributed by atoms with Crippen molar-refractivity contribution >= 4 is 22.8 Å². The minimum absolute atomic E-state index is 0.0798. The molecule has 0 fully saturated rings. The highest BCUT2D eigenvalue weighted by Gasteiger charge is 2.21. The van der Waals surface area contributed by atoms with Crippen LogP contribution in [0.3, 0.4) is 0 Å². The van der Waals surface area contributed by atoms with Crippen LogP contribution in [-0.2, 0) is 22.5 Å². The zero-order valence-corrected chi connectivity index (χ0v) is 15.2. The molecule has 2 heterocycles. The maximum atomic E-state index is 12.4. The van der Waals surface area contributed by atoms with Gasteiger partial charge in [-0.1, -0.05) is 13.8 Å². The second kappa shape index (κ2) is 7.27. The Bertz CT molecular complexity index is 917. The molecule has 7 nitrogen and oxygen atoms in total. The average molecular weight is 357 g/mol. The Morgan fingerprint density at radius 3 is 2.81 bits per heavy atom. The van der Waals surface area contributed by atoms with Gasteiger partial charge in [-0.15, -0.1) is 0 Å². The molecule has 1 aliphatic heterocycles. The van der Waals surface area contributed by atoms with Gasteiger partial charge in [0.1, 0.15) is 5.82 Å². The largest absolute Gasteiger partial charge is 0.449 e. The van der Waals surface area contributed by atoms with Crippen molar-refractivity contribution in [2.75, 3.05) is 6.54 Å². The fraction of sp³-hybridized carbons (Fsp3) is 0.474. The summed E-state index contributed by atoms with van der Waals surface area (Å²) in [4.78, 5) is 41.2. The molecule has 1 aromatic heterocycles. The maximum Gasteiger partial charge on any atom is 0.338 e. The molecule has 0 radical (unpaired) electrons. The van der Waals surface area contributed by atoms with Gasteiger partial charge in [-0.05, 0) is 37.5 Å². The van der Waals surface area contributed by atoms with Crippen LogP contribution in [0, 0.1) is 5.92 Å². The smallest absolute Gasteiger partial charge is 0.338 e. The molecule has 1 atom stereocenters. The predicted octanol–water partition coefficient (Wildman–Crippen LogP) is 1.66. The summed E-state index contributed by atoms with van der Waals surface area (Å²) in [5, 5.41) is 3.21. The Kier molecular flexibility index (Phi) is 5.06. The highest BCUT2D eigenvalue weighted by Crippen LogP contribution is 2.17. The molecule has 1 aliphatic rings. The molecule has 1 N–H and O–H groups in total. The number of amides is 1. The van der Waals surface area contributed by atoms with Gasteiger partial charge < -0.3 is 10.1 Å². The summed E-state index contributed by atoms with van der Waals surface area (Å²) in [7, 11) is 0. The quantitative estimate of drug-likeness (QED) is 0.822. The van der Waals surface area contributed by atoms with Crippen molar-refractivity contribution < 1.29 is 14.3 Å². The number of hydrogen-bond acceptors (Lipinski definition) is 5. The van der Waals surface area contributed by atoms with Crippen LogP contribution in [0.4, 0.5) is 0 Å². The van der Waals surface area contributed by atoms with Gasteiger partial charge in [-0.3, -0.25) is 14.2 Å². The summed E-state index contributed by atoms with van der Waals surface area (Å²) in [5.74, 6) is 0.118. The number of aromatic nitrogens is 2. The normalized spacial score (nSPS) is 14.3. The van der Waals surface area contributed by atoms with E-state index < -0.39 is 12.1 Å². The molecule has 7 heteroatoms. The summed E-state index contributed by atoms with van der Waals surface area (Å²) >= 11 is 0. The highest BCUT2D eigenvalue weighted by atomic mass is 16.5. The number of rotatable bonds is 5. The minimum atomic E-state index is -0.893. The number of hydrogen-bond donors (Lipinski definition) is 1. The number of nitrogens with one attached hydrogen (secondary N) is 1. The Morgan fingerprint density at radius 1 is 1.31 bits per heavy atom. The molecular weight excluding hydrogens is 334 g/mol. The van der Waals surface area contributed by atoms with Gasteiger partial charge in [0.15, 0.2) is 6.10 Å². The van der Waals surface area contributed by atoms with E-state index in [1.54, 1.807) is 16.7 Å². The predicted molar refractivity (Wildman–Crippen MR) is 97.0 cm³/mol. The summed E-state index contributed by atoms with van der Waals surface area (Å²) in [6.45, 7) is 6.71. The lowest BCUT2D eigenvalue weighted by Gasteiger charge is -2.14. The van der Waals surface area contributed by atoms with Gasteiger partial charge in [-0.2, -0.15) is 0 Å². The van der Waals surface area contributed by atoms with E-state index in [1.165, 1.54) is 13.0 Å². The van der Waals surface area contributed by atoms with Crippen LogP contribution < -0.4 is 10.9 Å². The molecule has 2 aromatic rings. The summed E-state index contributed by atoms with van der Waals surface area (Å²) < 4.78 is 6.92. The van der Waals surface area contributed by atoms with Crippen LogP contribution in [-0.4, -0.2) is 34.1 Å². The van der Waals surface area contributed by atoms with E-state index >= 15 is 0 Å². The van der Waals surface area contributed by atoms with E-state index in [0.717, 1.165) is 18.7 Å². The minimum Gasteiger partial charge on any atom is -0.449 e. The van der Waals surface area contributed by atoms with E-state index in [0.29, 0.717) is 29.9 Å². The van der Waals surface area contributed by atoms with Gasteiger partial charge in [0.25, 0.3) is 11.5 Å². The second-order valence-electron chi connectivity index (χ2n) is 7.01. The molecule has 0 saturated carbocycles. The lowest BCUT2D eigenvalue weighted by atomic mass is 10.1. The number of benzene rings is 1. The van der Waals surface area contributed by atoms with E-state index in [4.69, 9.17) is 4.74 Å². The van der Waals surface area contributed by atoms with Gasteiger partial charge >= 0.3 is 5.97 Å². The number of esters is 1. The van der Waals surface area contributed by atoms with Crippen LogP contribution in [0.1, 0.15) is 43.4 Å². The fourth-order valence-electron chi connectivity index (χ4n) is 2.94. The van der Waals surface area contributed by atoms with Crippen LogP contribution in [0.25, 0.3) is 10.9 Å². The lowest BCUT2D eigenvalue weighted by molar-refractivity contribution is -0.129. The standard InChI is InChI=1S/C19H23N3O4/c1-11(2)10-20-17(23)12(3)26-19(25)13-6-7-14-15(9-13)21-16-5-4-8-22(16)18(14)24/h6-7,9,11-12H,4-5,8,10H2,1-3H3,(H,20,23)/t12-/m1/s1. The SMILES string of the molecule is CC(C)CNC(=O)[C@@H](C)OC(=O)c1ccc2c(=O)n3c(nc2c1)CCC3. The summed E-state index contributed by atoms with van der Waals surface area (Å²) in [5.41, 5.74) is 0.675. The van der Waals surface area contributed by atoms with Gasteiger partial charge in [-0.25, -0.2) is 9.78 Å². The molecule has 0 spiro atoms. The molecule has 0 unspecified atom stereocenters. The number of aryl methyl sites for hydroxylation is 1. The first-order valence-corrected chi connectivity index (χ1v) is 8.89. The van der Waals surface area contributed by atoms with Crippen LogP contribution >= 0.6 is 0 Å². The zero-order valence-electron chi connectivity index (χ0n) is 15.2. The van der Waals surface area contributed by atoms with Crippen molar-refractivity contribution in [1.82, 2.24) is 14.9 Å². The van der Waals surface area contributed by atoms with Crippen molar-refractivity contribution in [1.29, 1.82) is 0 Å². The molecule has 1 amide bonds. The van der Waals surface area contributed by atoms with Gasteiger partial charge in [0.2, 0.25) is 0 Å². The van der Waals surface area contributed by atoms with E-state index in [1.807, 2.05) is 13.8 Å². The third-order valence-corrected chi connectivity index (χ3v) is 4.39. The molecule has 26 heavy (non-hydrogen) atoms. The van der Waals surface area contributed by atoms with E-state index in [-0.39, 0.29) is 17.0 Å². The lowest BCUT2D eigenvalue weighted by Crippen LogP contribution is -2.37. The highest BCUT2D eigenvalue weighted by molar-refractivity contribution is 5.95. The molecule has 138 valence electrons. The molecule has 3 rings (SSSR count). The molecule has 0 saturated heterocycles. The van der Waals surface area contributed by atoms with E-state index in [9.17, 15) is 14.4 Å². The number of carbonyl (C=O) groups excluding carboxylic acids is 2. The van der Waals surface area contributed by atoms with Crippen LogP contribution in [0.5, 0.6) is 0 Å². The first kappa shape index (κ1) is 18.1. The maximum absolute atomic E-state index is 12.4. The van der Waals surface area contributed by atoms with Crippen LogP contribution in [0.15, 0.2) is 23.0 Å². The third kappa shape index (κ3) is 3.61. The second-order valence-corrected chi connectivity index (χ2v) is 7.01. The average Bonchev–Trinajstić information content (AvgIpc) is 3.07. The first-order chi connectivity index (χ1) is 12.4. The van der Waals surface area contributed by atoms with Gasteiger partial charge in [0, 0.05) is 19.5 Å². The Hall–Kier alpha value is -2.70. The molecule has 1 aromatic carbocycles. The van der Waals surface area contributed by atoms with Crippen molar-refractivity contribution in [2.24, 2.45) is 5.92 Å². The fourth-order valence-corrected chi connectivity index (χ4v) is 2.94. The van der Waals surface area contributed by atoms with Gasteiger partial charge in [0.05, 0.1) is 16.5 Å². The van der Waals surface area contributed by atoms with Crippen molar-refractivity contribution in [3.05, 3.63) is 39.9 Å². The molecule has 0 aliphatic carbocycles. The summed E-state index contributed by atoms with van der Waals surface area (Å²) in [6.07, 6.45) is 0.763. The third-order valence-electron chi connectivity index (χ3n) is 4.39. The van der Waals surface area contributed by atoms with Crippen molar-refractivity contribution in [3.63, 3.8) is 0 Å². The zero-order chi connectivity index (χ0) is 18.8. The molecular formula is C19H23N3O4. The Labute approximate surface area is 151 Å². The Morgan fingerprint density at radius 2 is 2.08 bits per heavy atom. The Balaban J connectivity index is 1.78. The topological polar surface area (TPSA) is 90.3 Å². The number of fused-ring (bicyclic) bond motifs is 2. The van der Waals surface area contributed by atoms with E-state index in [2.05, 4.69) is 10.3 Å². The summed E-state index contributed by atoms with van der Waals surface area (Å²) in [6, 6.07) is 4.68. The van der Waals surface area contributed by atoms with Crippen LogP contribution in [0.2, 0.25) is 0 Å².